The predicted molar refractivity (Wildman–Crippen MR) is 133 cm³/mol. The van der Waals surface area contributed by atoms with Crippen LogP contribution < -0.4 is 0 Å². The summed E-state index contributed by atoms with van der Waals surface area (Å²) in [6.45, 7) is 13.8. The Morgan fingerprint density at radius 1 is 1.24 bits per heavy atom. The van der Waals surface area contributed by atoms with Gasteiger partial charge in [-0.2, -0.15) is 0 Å². The molecule has 2 aliphatic carbocycles. The highest BCUT2D eigenvalue weighted by Crippen LogP contribution is 2.62. The number of rotatable bonds is 6. The summed E-state index contributed by atoms with van der Waals surface area (Å²) in [5.74, 6) is 1.97. The number of ether oxygens (including phenoxy) is 1. The van der Waals surface area contributed by atoms with Crippen LogP contribution in [0.25, 0.3) is 0 Å². The van der Waals surface area contributed by atoms with Crippen LogP contribution in [0.5, 0.6) is 0 Å². The molecule has 4 nitrogen and oxygen atoms in total. The molecule has 0 radical (unpaired) electrons. The first kappa shape index (κ1) is 24.6. The van der Waals surface area contributed by atoms with E-state index >= 15 is 0 Å². The molecular formula is C29H46NO3+. The van der Waals surface area contributed by atoms with E-state index < -0.39 is 0 Å². The van der Waals surface area contributed by atoms with E-state index in [0.717, 1.165) is 49.6 Å². The second-order valence-electron chi connectivity index (χ2n) is 12.2. The first-order valence-electron chi connectivity index (χ1n) is 13.3. The van der Waals surface area contributed by atoms with Crippen LogP contribution in [0.4, 0.5) is 0 Å². The molecule has 2 heterocycles. The van der Waals surface area contributed by atoms with Gasteiger partial charge in [0.05, 0.1) is 38.4 Å². The van der Waals surface area contributed by atoms with Crippen LogP contribution in [0.1, 0.15) is 89.9 Å². The molecule has 1 aromatic rings. The summed E-state index contributed by atoms with van der Waals surface area (Å²) in [4.78, 5) is 12.9. The molecule has 3 fully saturated rings. The largest absolute Gasteiger partial charge is 0.469 e. The van der Waals surface area contributed by atoms with Crippen molar-refractivity contribution in [2.24, 2.45) is 22.7 Å². The monoisotopic (exact) mass is 456 g/mol. The quantitative estimate of drug-likeness (QED) is 0.272. The van der Waals surface area contributed by atoms with Crippen LogP contribution in [-0.2, 0) is 22.5 Å². The molecule has 33 heavy (non-hydrogen) atoms. The van der Waals surface area contributed by atoms with Gasteiger partial charge in [-0.3, -0.25) is 4.79 Å². The molecule has 1 saturated heterocycles. The van der Waals surface area contributed by atoms with Gasteiger partial charge in [0.2, 0.25) is 0 Å². The maximum absolute atomic E-state index is 12.9. The molecule has 3 aliphatic rings. The summed E-state index contributed by atoms with van der Waals surface area (Å²) >= 11 is 0. The third kappa shape index (κ3) is 4.33. The summed E-state index contributed by atoms with van der Waals surface area (Å²) in [5.41, 5.74) is 2.50. The van der Waals surface area contributed by atoms with Crippen molar-refractivity contribution in [3.05, 3.63) is 35.8 Å². The van der Waals surface area contributed by atoms with Crippen LogP contribution in [0.3, 0.4) is 0 Å². The third-order valence-electron chi connectivity index (χ3n) is 10.3. The number of carbonyl (C=O) groups excluding carboxylic acids is 1. The smallest absolute Gasteiger partial charge is 0.311 e. The Morgan fingerprint density at radius 3 is 2.76 bits per heavy atom. The highest BCUT2D eigenvalue weighted by molar-refractivity contribution is 5.77. The summed E-state index contributed by atoms with van der Waals surface area (Å²) in [5, 5.41) is 0. The van der Waals surface area contributed by atoms with Gasteiger partial charge in [0.25, 0.3) is 0 Å². The number of nitrogens with zero attached hydrogens (tertiary/aromatic N) is 1. The van der Waals surface area contributed by atoms with Crippen LogP contribution in [0.15, 0.2) is 28.9 Å². The Kier molecular flexibility index (Phi) is 6.88. The van der Waals surface area contributed by atoms with E-state index in [0.29, 0.717) is 17.9 Å². The number of methoxy groups -OCH3 is 1. The van der Waals surface area contributed by atoms with Gasteiger partial charge in [0, 0.05) is 0 Å². The normalized spacial score (nSPS) is 39.2. The molecule has 6 atom stereocenters. The van der Waals surface area contributed by atoms with Crippen LogP contribution in [-0.4, -0.2) is 37.2 Å². The molecule has 0 amide bonds. The van der Waals surface area contributed by atoms with Gasteiger partial charge in [-0.1, -0.05) is 25.5 Å². The molecule has 0 aromatic carbocycles. The van der Waals surface area contributed by atoms with Crippen molar-refractivity contribution in [2.45, 2.75) is 97.6 Å². The lowest BCUT2D eigenvalue weighted by atomic mass is 9.46. The van der Waals surface area contributed by atoms with Crippen molar-refractivity contribution < 1.29 is 18.4 Å². The van der Waals surface area contributed by atoms with E-state index in [1.165, 1.54) is 49.1 Å². The van der Waals surface area contributed by atoms with Crippen molar-refractivity contribution in [3.8, 4) is 0 Å². The number of hydrogen-bond acceptors (Lipinski definition) is 3. The summed E-state index contributed by atoms with van der Waals surface area (Å²) in [6.07, 6.45) is 13.3. The second kappa shape index (κ2) is 9.24. The summed E-state index contributed by atoms with van der Waals surface area (Å²) in [6, 6.07) is 2.88. The maximum Gasteiger partial charge on any atom is 0.311 e. The molecule has 2 saturated carbocycles. The van der Waals surface area contributed by atoms with Gasteiger partial charge >= 0.3 is 5.97 Å². The van der Waals surface area contributed by atoms with Crippen molar-refractivity contribution in [2.75, 3.05) is 20.7 Å². The molecule has 1 aliphatic heterocycles. The predicted octanol–water partition coefficient (Wildman–Crippen LogP) is 6.68. The molecule has 0 bridgehead atoms. The van der Waals surface area contributed by atoms with Gasteiger partial charge in [0.1, 0.15) is 6.54 Å². The van der Waals surface area contributed by atoms with Gasteiger partial charge < -0.3 is 13.6 Å². The molecular weight excluding hydrogens is 410 g/mol. The number of allylic oxidation sites excluding steroid dienone is 1. The number of fused-ring (bicyclic) bond motifs is 1. The minimum absolute atomic E-state index is 0.0191. The van der Waals surface area contributed by atoms with E-state index in [2.05, 4.69) is 40.5 Å². The summed E-state index contributed by atoms with van der Waals surface area (Å²) < 4.78 is 12.4. The maximum atomic E-state index is 12.9. The van der Waals surface area contributed by atoms with Crippen LogP contribution >= 0.6 is 0 Å². The zero-order valence-corrected chi connectivity index (χ0v) is 21.8. The number of piperidine rings is 1. The molecule has 0 spiro atoms. The Labute approximate surface area is 201 Å². The molecule has 0 N–H and O–H groups in total. The number of carbonyl (C=O) groups is 1. The van der Waals surface area contributed by atoms with Gasteiger partial charge in [-0.25, -0.2) is 0 Å². The van der Waals surface area contributed by atoms with Crippen molar-refractivity contribution >= 4 is 5.97 Å². The third-order valence-corrected chi connectivity index (χ3v) is 10.3. The Hall–Kier alpha value is -1.55. The zero-order chi connectivity index (χ0) is 23.9. The highest BCUT2D eigenvalue weighted by atomic mass is 16.5. The molecule has 184 valence electrons. The number of esters is 1. The second-order valence-corrected chi connectivity index (χ2v) is 12.2. The van der Waals surface area contributed by atoms with Gasteiger partial charge in [0.15, 0.2) is 5.76 Å². The Bertz CT molecular complexity index is 874. The van der Waals surface area contributed by atoms with E-state index in [1.807, 2.05) is 6.26 Å². The van der Waals surface area contributed by atoms with Crippen molar-refractivity contribution in [1.82, 2.24) is 0 Å². The summed E-state index contributed by atoms with van der Waals surface area (Å²) in [7, 11) is 3.95. The molecule has 1 aromatic heterocycles. The van der Waals surface area contributed by atoms with Crippen molar-refractivity contribution in [3.63, 3.8) is 0 Å². The topological polar surface area (TPSA) is 39.4 Å². The van der Waals surface area contributed by atoms with Crippen LogP contribution in [0.2, 0.25) is 0 Å². The lowest BCUT2D eigenvalue weighted by Gasteiger charge is -2.57. The minimum atomic E-state index is -0.370. The SMILES string of the molecule is C=C1CCC2C(C)(C(=O)OC)CCCC2(C)C1CCc1ccoc1C[N+]1(C)CCCCC1C. The standard InChI is InChI=1S/C29H46NO3/c1-21-11-14-26-28(3,16-9-17-29(26,4)27(31)32-6)24(21)13-12-23-15-19-33-25(23)20-30(5)18-8-7-10-22(30)2/h15,19,22,24,26H,1,7-14,16-18,20H2,2-6H3/q+1. The van der Waals surface area contributed by atoms with Gasteiger partial charge in [-0.15, -0.1) is 0 Å². The number of likely N-dealkylation sites (tertiary alicyclic amines) is 1. The lowest BCUT2D eigenvalue weighted by molar-refractivity contribution is -0.949. The number of quaternary nitrogens is 1. The highest BCUT2D eigenvalue weighted by Gasteiger charge is 2.57. The fraction of sp³-hybridized carbons (Fsp3) is 0.759. The Morgan fingerprint density at radius 2 is 2.03 bits per heavy atom. The van der Waals surface area contributed by atoms with Gasteiger partial charge in [-0.05, 0) is 101 Å². The first-order valence-corrected chi connectivity index (χ1v) is 13.3. The average Bonchev–Trinajstić information content (AvgIpc) is 3.21. The fourth-order valence-corrected chi connectivity index (χ4v) is 8.00. The van der Waals surface area contributed by atoms with E-state index in [9.17, 15) is 4.79 Å². The van der Waals surface area contributed by atoms with E-state index in [1.54, 1.807) is 7.11 Å². The first-order chi connectivity index (χ1) is 15.6. The average molecular weight is 457 g/mol. The molecule has 4 heteroatoms. The molecule has 4 rings (SSSR count). The minimum Gasteiger partial charge on any atom is -0.469 e. The van der Waals surface area contributed by atoms with Crippen LogP contribution in [0, 0.1) is 22.7 Å². The fourth-order valence-electron chi connectivity index (χ4n) is 8.00. The Balaban J connectivity index is 1.51. The number of furan rings is 1. The number of hydrogen-bond donors (Lipinski definition) is 0. The van der Waals surface area contributed by atoms with E-state index in [-0.39, 0.29) is 16.8 Å². The number of aryl methyl sites for hydroxylation is 1. The zero-order valence-electron chi connectivity index (χ0n) is 21.8. The van der Waals surface area contributed by atoms with E-state index in [4.69, 9.17) is 9.15 Å². The van der Waals surface area contributed by atoms with Crippen molar-refractivity contribution in [1.29, 1.82) is 0 Å². The lowest BCUT2D eigenvalue weighted by Crippen LogP contribution is -2.53. The molecule has 6 unspecified atom stereocenters.